The van der Waals surface area contributed by atoms with Gasteiger partial charge in [0.2, 0.25) is 0 Å². The van der Waals surface area contributed by atoms with Gasteiger partial charge in [-0.2, -0.15) is 0 Å². The number of carbonyl (C=O) groups is 1. The van der Waals surface area contributed by atoms with Crippen molar-refractivity contribution in [2.24, 2.45) is 0 Å². The molecule has 0 bridgehead atoms. The molecule has 0 radical (unpaired) electrons. The van der Waals surface area contributed by atoms with Gasteiger partial charge in [-0.1, -0.05) is 5.57 Å². The Balaban J connectivity index is 2.18. The smallest absolute Gasteiger partial charge is 0.310 e. The molecule has 0 atom stereocenters. The molecule has 60 valence electrons. The van der Waals surface area contributed by atoms with E-state index in [1.54, 1.807) is 0 Å². The van der Waals surface area contributed by atoms with Gasteiger partial charge in [-0.3, -0.25) is 4.79 Å². The first-order valence-corrected chi connectivity index (χ1v) is 4.21. The van der Waals surface area contributed by atoms with Crippen LogP contribution in [-0.4, -0.2) is 12.6 Å². The van der Waals surface area contributed by atoms with Crippen molar-refractivity contribution in [1.29, 1.82) is 0 Å². The van der Waals surface area contributed by atoms with E-state index in [2.05, 4.69) is 0 Å². The fraction of sp³-hybridized carbons (Fsp3) is 0.667. The summed E-state index contributed by atoms with van der Waals surface area (Å²) in [5.74, 6) is -0.0364. The average Bonchev–Trinajstić information content (AvgIpc) is 2.04. The molecule has 2 rings (SSSR count). The fourth-order valence-corrected chi connectivity index (χ4v) is 1.81. The molecule has 2 nitrogen and oxygen atoms in total. The number of rotatable bonds is 0. The normalized spacial score (nSPS) is 24.5. The number of esters is 1. The van der Waals surface area contributed by atoms with Gasteiger partial charge in [0.05, 0.1) is 6.42 Å². The predicted octanol–water partition coefficient (Wildman–Crippen LogP) is 1.80. The van der Waals surface area contributed by atoms with Crippen molar-refractivity contribution in [3.63, 3.8) is 0 Å². The average molecular weight is 152 g/mol. The highest BCUT2D eigenvalue weighted by molar-refractivity contribution is 5.74. The third-order valence-corrected chi connectivity index (χ3v) is 2.47. The first-order chi connectivity index (χ1) is 5.36. The second-order valence-corrected chi connectivity index (χ2v) is 3.25. The van der Waals surface area contributed by atoms with Crippen LogP contribution in [0.15, 0.2) is 11.1 Å². The van der Waals surface area contributed by atoms with Gasteiger partial charge in [0.1, 0.15) is 6.61 Å². The summed E-state index contributed by atoms with van der Waals surface area (Å²) < 4.78 is 4.95. The third kappa shape index (κ3) is 1.30. The highest BCUT2D eigenvalue weighted by Crippen LogP contribution is 2.30. The van der Waals surface area contributed by atoms with E-state index in [1.807, 2.05) is 0 Å². The van der Waals surface area contributed by atoms with Crippen LogP contribution < -0.4 is 0 Å². The minimum Gasteiger partial charge on any atom is -0.461 e. The number of carbonyl (C=O) groups excluding carboxylic acids is 1. The van der Waals surface area contributed by atoms with Crippen LogP contribution in [0.2, 0.25) is 0 Å². The summed E-state index contributed by atoms with van der Waals surface area (Å²) in [6.45, 7) is 0.578. The van der Waals surface area contributed by atoms with Gasteiger partial charge in [0.15, 0.2) is 0 Å². The van der Waals surface area contributed by atoms with Crippen LogP contribution >= 0.6 is 0 Å². The Morgan fingerprint density at radius 1 is 1.09 bits per heavy atom. The summed E-state index contributed by atoms with van der Waals surface area (Å²) in [5.41, 5.74) is 2.77. The molecule has 0 aromatic heterocycles. The molecule has 0 N–H and O–H groups in total. The fourth-order valence-electron chi connectivity index (χ4n) is 1.81. The molecule has 0 aromatic rings. The minimum atomic E-state index is -0.0364. The molecule has 0 fully saturated rings. The monoisotopic (exact) mass is 152 g/mol. The molecule has 0 saturated heterocycles. The second kappa shape index (κ2) is 2.68. The lowest BCUT2D eigenvalue weighted by molar-refractivity contribution is -0.143. The van der Waals surface area contributed by atoms with Crippen molar-refractivity contribution >= 4 is 5.97 Å². The van der Waals surface area contributed by atoms with E-state index in [0.717, 1.165) is 12.8 Å². The largest absolute Gasteiger partial charge is 0.461 e. The van der Waals surface area contributed by atoms with Crippen molar-refractivity contribution in [3.05, 3.63) is 11.1 Å². The van der Waals surface area contributed by atoms with Gasteiger partial charge in [-0.25, -0.2) is 0 Å². The molecular weight excluding hydrogens is 140 g/mol. The Kier molecular flexibility index (Phi) is 1.68. The molecular formula is C9H12O2. The Bertz CT molecular complexity index is 216. The van der Waals surface area contributed by atoms with E-state index in [4.69, 9.17) is 4.74 Å². The summed E-state index contributed by atoms with van der Waals surface area (Å²) in [5, 5.41) is 0. The Morgan fingerprint density at radius 2 is 1.82 bits per heavy atom. The summed E-state index contributed by atoms with van der Waals surface area (Å²) in [6.07, 6.45) is 5.38. The first kappa shape index (κ1) is 6.89. The Labute approximate surface area is 66.2 Å². The Morgan fingerprint density at radius 3 is 2.64 bits per heavy atom. The van der Waals surface area contributed by atoms with E-state index in [-0.39, 0.29) is 5.97 Å². The molecule has 0 aromatic carbocycles. The van der Waals surface area contributed by atoms with E-state index in [0.29, 0.717) is 13.0 Å². The second-order valence-electron chi connectivity index (χ2n) is 3.25. The zero-order valence-electron chi connectivity index (χ0n) is 6.56. The number of ether oxygens (including phenoxy) is 1. The maximum atomic E-state index is 10.9. The maximum Gasteiger partial charge on any atom is 0.310 e. The van der Waals surface area contributed by atoms with Crippen molar-refractivity contribution in [3.8, 4) is 0 Å². The van der Waals surface area contributed by atoms with Crippen molar-refractivity contribution in [2.75, 3.05) is 6.61 Å². The van der Waals surface area contributed by atoms with Gasteiger partial charge in [0.25, 0.3) is 0 Å². The van der Waals surface area contributed by atoms with Crippen LogP contribution in [0.4, 0.5) is 0 Å². The highest BCUT2D eigenvalue weighted by Gasteiger charge is 2.21. The molecule has 1 aliphatic heterocycles. The first-order valence-electron chi connectivity index (χ1n) is 4.21. The lowest BCUT2D eigenvalue weighted by atomic mass is 9.89. The molecule has 0 spiro atoms. The number of cyclic esters (lactones) is 1. The summed E-state index contributed by atoms with van der Waals surface area (Å²) in [7, 11) is 0. The molecule has 0 unspecified atom stereocenters. The van der Waals surface area contributed by atoms with Gasteiger partial charge in [-0.05, 0) is 31.3 Å². The zero-order chi connectivity index (χ0) is 7.68. The van der Waals surface area contributed by atoms with Gasteiger partial charge in [-0.15, -0.1) is 0 Å². The van der Waals surface area contributed by atoms with E-state index >= 15 is 0 Å². The molecule has 11 heavy (non-hydrogen) atoms. The molecule has 0 amide bonds. The van der Waals surface area contributed by atoms with Crippen LogP contribution in [0.3, 0.4) is 0 Å². The van der Waals surface area contributed by atoms with Crippen LogP contribution in [-0.2, 0) is 9.53 Å². The molecule has 1 aliphatic carbocycles. The van der Waals surface area contributed by atoms with Crippen molar-refractivity contribution in [1.82, 2.24) is 0 Å². The predicted molar refractivity (Wildman–Crippen MR) is 41.1 cm³/mol. The SMILES string of the molecule is O=C1CC2=C(CCCC2)CO1. The molecule has 0 saturated carbocycles. The maximum absolute atomic E-state index is 10.9. The zero-order valence-corrected chi connectivity index (χ0v) is 6.56. The van der Waals surface area contributed by atoms with Gasteiger partial charge in [0, 0.05) is 0 Å². The van der Waals surface area contributed by atoms with Crippen LogP contribution in [0.5, 0.6) is 0 Å². The lowest BCUT2D eigenvalue weighted by Gasteiger charge is -2.23. The topological polar surface area (TPSA) is 26.3 Å². The van der Waals surface area contributed by atoms with Crippen LogP contribution in [0.1, 0.15) is 32.1 Å². The standard InChI is InChI=1S/C9H12O2/c10-9-5-7-3-1-2-4-8(7)6-11-9/h1-6H2. The van der Waals surface area contributed by atoms with E-state index in [9.17, 15) is 4.79 Å². The van der Waals surface area contributed by atoms with Crippen molar-refractivity contribution in [2.45, 2.75) is 32.1 Å². The van der Waals surface area contributed by atoms with E-state index in [1.165, 1.54) is 24.0 Å². The third-order valence-electron chi connectivity index (χ3n) is 2.47. The number of hydrogen-bond donors (Lipinski definition) is 0. The van der Waals surface area contributed by atoms with E-state index < -0.39 is 0 Å². The molecule has 1 heterocycles. The quantitative estimate of drug-likeness (QED) is 0.391. The van der Waals surface area contributed by atoms with Crippen molar-refractivity contribution < 1.29 is 9.53 Å². The van der Waals surface area contributed by atoms with Gasteiger partial charge >= 0.3 is 5.97 Å². The summed E-state index contributed by atoms with van der Waals surface area (Å²) in [4.78, 5) is 10.9. The van der Waals surface area contributed by atoms with Gasteiger partial charge < -0.3 is 4.74 Å². The number of hydrogen-bond acceptors (Lipinski definition) is 2. The lowest BCUT2D eigenvalue weighted by Crippen LogP contribution is -2.18. The molecule has 2 aliphatic rings. The Hall–Kier alpha value is -0.790. The highest BCUT2D eigenvalue weighted by atomic mass is 16.5. The minimum absolute atomic E-state index is 0.0364. The summed E-state index contributed by atoms with van der Waals surface area (Å²) in [6, 6.07) is 0. The summed E-state index contributed by atoms with van der Waals surface area (Å²) >= 11 is 0. The molecule has 2 heteroatoms. The van der Waals surface area contributed by atoms with Crippen LogP contribution in [0.25, 0.3) is 0 Å². The van der Waals surface area contributed by atoms with Crippen LogP contribution in [0, 0.1) is 0 Å².